The van der Waals surface area contributed by atoms with Crippen LogP contribution >= 0.6 is 0 Å². The number of aromatic nitrogens is 4. The van der Waals surface area contributed by atoms with Gasteiger partial charge in [0.15, 0.2) is 11.5 Å². The van der Waals surface area contributed by atoms with E-state index < -0.39 is 0 Å². The van der Waals surface area contributed by atoms with Gasteiger partial charge in [0, 0.05) is 25.6 Å². The minimum atomic E-state index is 0.0626. The summed E-state index contributed by atoms with van der Waals surface area (Å²) in [6.45, 7) is 3.04. The zero-order chi connectivity index (χ0) is 21.5. The van der Waals surface area contributed by atoms with E-state index in [1.165, 1.54) is 4.80 Å². The highest BCUT2D eigenvalue weighted by atomic mass is 16.5. The van der Waals surface area contributed by atoms with Gasteiger partial charge in [0.2, 0.25) is 11.7 Å². The van der Waals surface area contributed by atoms with Crippen LogP contribution in [-0.2, 0) is 17.9 Å². The summed E-state index contributed by atoms with van der Waals surface area (Å²) in [7, 11) is 5.02. The van der Waals surface area contributed by atoms with Crippen LogP contribution in [0.25, 0.3) is 11.4 Å². The maximum Gasteiger partial charge on any atom is 0.222 e. The Balaban J connectivity index is 1.52. The summed E-state index contributed by atoms with van der Waals surface area (Å²) < 4.78 is 10.7. The van der Waals surface area contributed by atoms with Crippen molar-refractivity contribution >= 4 is 5.91 Å². The first kappa shape index (κ1) is 21.3. The van der Waals surface area contributed by atoms with Crippen molar-refractivity contribution in [3.05, 3.63) is 53.6 Å². The Morgan fingerprint density at radius 1 is 1.10 bits per heavy atom. The topological polar surface area (TPSA) is 82.4 Å². The van der Waals surface area contributed by atoms with Gasteiger partial charge in [0.1, 0.15) is 0 Å². The van der Waals surface area contributed by atoms with Gasteiger partial charge in [-0.3, -0.25) is 4.79 Å². The molecule has 0 fully saturated rings. The molecule has 0 aliphatic rings. The SMILES string of the molecule is COc1cc(C)c(CN(C)C(=O)CCCn2nnc(-c3ccccc3)n2)cc1OC. The molecule has 8 nitrogen and oxygen atoms in total. The van der Waals surface area contributed by atoms with E-state index in [0.29, 0.717) is 43.3 Å². The molecule has 1 aromatic heterocycles. The number of aryl methyl sites for hydroxylation is 2. The molecule has 0 saturated heterocycles. The fourth-order valence-corrected chi connectivity index (χ4v) is 3.14. The zero-order valence-corrected chi connectivity index (χ0v) is 17.8. The van der Waals surface area contributed by atoms with Gasteiger partial charge in [0.05, 0.1) is 20.8 Å². The van der Waals surface area contributed by atoms with Crippen molar-refractivity contribution < 1.29 is 14.3 Å². The van der Waals surface area contributed by atoms with Gasteiger partial charge in [-0.25, -0.2) is 0 Å². The normalized spacial score (nSPS) is 10.7. The van der Waals surface area contributed by atoms with Crippen LogP contribution in [0.4, 0.5) is 0 Å². The van der Waals surface area contributed by atoms with E-state index in [4.69, 9.17) is 9.47 Å². The molecule has 3 rings (SSSR count). The van der Waals surface area contributed by atoms with Gasteiger partial charge < -0.3 is 14.4 Å². The average molecular weight is 409 g/mol. The molecule has 158 valence electrons. The summed E-state index contributed by atoms with van der Waals surface area (Å²) in [4.78, 5) is 15.8. The Morgan fingerprint density at radius 2 is 1.80 bits per heavy atom. The first-order chi connectivity index (χ1) is 14.5. The van der Waals surface area contributed by atoms with Crippen molar-refractivity contribution in [3.8, 4) is 22.9 Å². The Kier molecular flexibility index (Phi) is 7.00. The van der Waals surface area contributed by atoms with E-state index in [9.17, 15) is 4.79 Å². The number of methoxy groups -OCH3 is 2. The fourth-order valence-electron chi connectivity index (χ4n) is 3.14. The molecule has 3 aromatic rings. The van der Waals surface area contributed by atoms with Gasteiger partial charge in [-0.2, -0.15) is 4.80 Å². The highest BCUT2D eigenvalue weighted by Gasteiger charge is 2.14. The van der Waals surface area contributed by atoms with Crippen LogP contribution < -0.4 is 9.47 Å². The van der Waals surface area contributed by atoms with E-state index in [1.807, 2.05) is 49.4 Å². The highest BCUT2D eigenvalue weighted by Crippen LogP contribution is 2.30. The Bertz CT molecular complexity index is 988. The van der Waals surface area contributed by atoms with Crippen molar-refractivity contribution in [3.63, 3.8) is 0 Å². The number of hydrogen-bond acceptors (Lipinski definition) is 6. The molecule has 30 heavy (non-hydrogen) atoms. The monoisotopic (exact) mass is 409 g/mol. The molecule has 0 unspecified atom stereocenters. The summed E-state index contributed by atoms with van der Waals surface area (Å²) in [6.07, 6.45) is 1.05. The second-order valence-corrected chi connectivity index (χ2v) is 7.06. The number of ether oxygens (including phenoxy) is 2. The fraction of sp³-hybridized carbons (Fsp3) is 0.364. The first-order valence-corrected chi connectivity index (χ1v) is 9.80. The lowest BCUT2D eigenvalue weighted by Crippen LogP contribution is -2.26. The Hall–Kier alpha value is -3.42. The van der Waals surface area contributed by atoms with Crippen LogP contribution in [0.1, 0.15) is 24.0 Å². The van der Waals surface area contributed by atoms with E-state index in [1.54, 1.807) is 26.2 Å². The molecule has 8 heteroatoms. The van der Waals surface area contributed by atoms with Crippen LogP contribution in [0.15, 0.2) is 42.5 Å². The van der Waals surface area contributed by atoms with E-state index in [2.05, 4.69) is 15.4 Å². The number of nitrogens with zero attached hydrogens (tertiary/aromatic N) is 5. The summed E-state index contributed by atoms with van der Waals surface area (Å²) in [5.74, 6) is 1.99. The Labute approximate surface area is 176 Å². The second-order valence-electron chi connectivity index (χ2n) is 7.06. The molecule has 0 aliphatic carbocycles. The van der Waals surface area contributed by atoms with Crippen LogP contribution in [-0.4, -0.2) is 52.3 Å². The van der Waals surface area contributed by atoms with Gasteiger partial charge in [0.25, 0.3) is 0 Å². The Morgan fingerprint density at radius 3 is 2.50 bits per heavy atom. The molecule has 0 aliphatic heterocycles. The third-order valence-electron chi connectivity index (χ3n) is 4.91. The summed E-state index contributed by atoms with van der Waals surface area (Å²) in [6, 6.07) is 13.5. The lowest BCUT2D eigenvalue weighted by molar-refractivity contribution is -0.130. The number of carbonyl (C=O) groups is 1. The largest absolute Gasteiger partial charge is 0.493 e. The van der Waals surface area contributed by atoms with Crippen molar-refractivity contribution in [2.45, 2.75) is 32.9 Å². The number of hydrogen-bond donors (Lipinski definition) is 0. The quantitative estimate of drug-likeness (QED) is 0.540. The van der Waals surface area contributed by atoms with Crippen LogP contribution in [0.5, 0.6) is 11.5 Å². The van der Waals surface area contributed by atoms with Crippen LogP contribution in [0.3, 0.4) is 0 Å². The average Bonchev–Trinajstić information content (AvgIpc) is 3.24. The summed E-state index contributed by atoms with van der Waals surface area (Å²) in [5, 5.41) is 12.5. The van der Waals surface area contributed by atoms with Crippen molar-refractivity contribution in [2.24, 2.45) is 0 Å². The maximum atomic E-state index is 12.6. The third kappa shape index (κ3) is 5.14. The minimum Gasteiger partial charge on any atom is -0.493 e. The molecule has 0 atom stereocenters. The minimum absolute atomic E-state index is 0.0626. The van der Waals surface area contributed by atoms with Gasteiger partial charge in [-0.1, -0.05) is 30.3 Å². The molecule has 0 bridgehead atoms. The predicted octanol–water partition coefficient (Wildman–Crippen LogP) is 3.10. The molecule has 0 spiro atoms. The zero-order valence-electron chi connectivity index (χ0n) is 17.8. The van der Waals surface area contributed by atoms with E-state index in [-0.39, 0.29) is 5.91 Å². The lowest BCUT2D eigenvalue weighted by atomic mass is 10.1. The standard InChI is InChI=1S/C22H27N5O3/c1-16-13-19(29-3)20(30-4)14-18(16)15-26(2)21(28)11-8-12-27-24-22(23-25-27)17-9-6-5-7-10-17/h5-7,9-10,13-14H,8,11-12,15H2,1-4H3. The van der Waals surface area contributed by atoms with Crippen molar-refractivity contribution in [2.75, 3.05) is 21.3 Å². The number of tetrazole rings is 1. The first-order valence-electron chi connectivity index (χ1n) is 9.80. The number of amides is 1. The molecule has 0 saturated carbocycles. The van der Waals surface area contributed by atoms with Crippen molar-refractivity contribution in [1.82, 2.24) is 25.1 Å². The van der Waals surface area contributed by atoms with Crippen LogP contribution in [0.2, 0.25) is 0 Å². The molecule has 2 aromatic carbocycles. The van der Waals surface area contributed by atoms with Crippen LogP contribution in [0, 0.1) is 6.92 Å². The molecule has 0 N–H and O–H groups in total. The van der Waals surface area contributed by atoms with Crippen molar-refractivity contribution in [1.29, 1.82) is 0 Å². The summed E-state index contributed by atoms with van der Waals surface area (Å²) >= 11 is 0. The lowest BCUT2D eigenvalue weighted by Gasteiger charge is -2.20. The number of benzene rings is 2. The highest BCUT2D eigenvalue weighted by molar-refractivity contribution is 5.75. The molecular formula is C22H27N5O3. The predicted molar refractivity (Wildman–Crippen MR) is 113 cm³/mol. The van der Waals surface area contributed by atoms with Gasteiger partial charge in [-0.05, 0) is 41.8 Å². The molecule has 1 amide bonds. The smallest absolute Gasteiger partial charge is 0.222 e. The van der Waals surface area contributed by atoms with Gasteiger partial charge in [-0.15, -0.1) is 10.2 Å². The second kappa shape index (κ2) is 9.87. The van der Waals surface area contributed by atoms with E-state index >= 15 is 0 Å². The summed E-state index contributed by atoms with van der Waals surface area (Å²) in [5.41, 5.74) is 2.99. The maximum absolute atomic E-state index is 12.6. The van der Waals surface area contributed by atoms with E-state index in [0.717, 1.165) is 16.7 Å². The molecule has 1 heterocycles. The van der Waals surface area contributed by atoms with Gasteiger partial charge >= 0.3 is 0 Å². The third-order valence-corrected chi connectivity index (χ3v) is 4.91. The number of carbonyl (C=O) groups excluding carboxylic acids is 1. The molecule has 0 radical (unpaired) electrons. The number of rotatable bonds is 9. The molecular weight excluding hydrogens is 382 g/mol.